The fraction of sp³-hybridized carbons (Fsp3) is 0.240. The molecule has 1 aliphatic heterocycles. The number of ether oxygens (including phenoxy) is 2. The van der Waals surface area contributed by atoms with Crippen molar-refractivity contribution in [2.45, 2.75) is 79.6 Å². The normalized spacial score (nSPS) is 12.2. The second-order valence-electron chi connectivity index (χ2n) is 17.0. The maximum atomic E-state index is 6.83. The Bertz CT molecular complexity index is 2460. The molecule has 7 heteroatoms. The summed E-state index contributed by atoms with van der Waals surface area (Å²) in [5, 5.41) is 0. The topological polar surface area (TPSA) is 70.0 Å². The van der Waals surface area contributed by atoms with Gasteiger partial charge in [-0.1, -0.05) is 95.8 Å². The zero-order valence-electron chi connectivity index (χ0n) is 34.4. The Labute approximate surface area is 337 Å². The first-order valence-corrected chi connectivity index (χ1v) is 19.9. The highest BCUT2D eigenvalue weighted by Crippen LogP contribution is 2.38. The van der Waals surface area contributed by atoms with Gasteiger partial charge in [0.05, 0.1) is 17.1 Å². The van der Waals surface area contributed by atoms with Crippen LogP contribution in [-0.4, -0.2) is 26.6 Å². The minimum atomic E-state index is -0.226. The van der Waals surface area contributed by atoms with Crippen LogP contribution in [0.3, 0.4) is 0 Å². The number of pyridine rings is 2. The fourth-order valence-electron chi connectivity index (χ4n) is 7.66. The first-order valence-electron chi connectivity index (χ1n) is 19.9. The van der Waals surface area contributed by atoms with Gasteiger partial charge in [0, 0.05) is 35.9 Å². The first kappa shape index (κ1) is 37.8. The van der Waals surface area contributed by atoms with E-state index in [9.17, 15) is 0 Å². The molecule has 3 aromatic heterocycles. The lowest BCUT2D eigenvalue weighted by molar-refractivity contribution is 0.473. The molecule has 57 heavy (non-hydrogen) atoms. The maximum absolute atomic E-state index is 6.83. The van der Waals surface area contributed by atoms with E-state index in [1.54, 1.807) is 0 Å². The van der Waals surface area contributed by atoms with Gasteiger partial charge in [-0.05, 0) is 131 Å². The summed E-state index contributed by atoms with van der Waals surface area (Å²) in [6.45, 7) is 19.3. The Morgan fingerprint density at radius 1 is 0.526 bits per heavy atom. The molecule has 0 radical (unpaired) electrons. The molecular weight excluding hydrogens is 699 g/mol. The minimum absolute atomic E-state index is 0.0701. The molecule has 0 amide bonds. The van der Waals surface area contributed by atoms with E-state index in [4.69, 9.17) is 19.4 Å². The number of fused-ring (bicyclic) bond motifs is 3. The second-order valence-corrected chi connectivity index (χ2v) is 17.0. The fourth-order valence-corrected chi connectivity index (χ4v) is 7.66. The van der Waals surface area contributed by atoms with Gasteiger partial charge in [0.1, 0.15) is 23.0 Å². The first-order chi connectivity index (χ1) is 27.3. The molecule has 0 unspecified atom stereocenters. The minimum Gasteiger partial charge on any atom is -0.457 e. The van der Waals surface area contributed by atoms with Gasteiger partial charge >= 0.3 is 0 Å². The van der Waals surface area contributed by atoms with Gasteiger partial charge in [-0.15, -0.1) is 0 Å². The average molecular weight is 749 g/mol. The molecule has 284 valence electrons. The van der Waals surface area contributed by atoms with Crippen LogP contribution in [0.4, 0.5) is 0 Å². The molecule has 1 aliphatic rings. The molecule has 8 rings (SSSR count). The van der Waals surface area contributed by atoms with Gasteiger partial charge in [0.15, 0.2) is 0 Å². The predicted molar refractivity (Wildman–Crippen MR) is 234 cm³/mol. The summed E-state index contributed by atoms with van der Waals surface area (Å²) in [6, 6.07) is 33.9. The summed E-state index contributed by atoms with van der Waals surface area (Å²) < 4.78 is 13.7. The standard InChI is InChI=1S/C50H49BN4O2/c1-30(2)39-14-10-34(45-22-32(5)18-20-52-45)24-47(39)56-37-12-16-41-42-17-13-38(27-44(42)51(43(41)26-37)49-54-28-36(29-55-49)50(7,8)9)57-48-25-35(11-15-40(48)31(3)4)46-23-33(6)19-21-53-46/h10-31H,1-9H3. The molecule has 4 aromatic carbocycles. The van der Waals surface area contributed by atoms with Gasteiger partial charge in [0.2, 0.25) is 0 Å². The van der Waals surface area contributed by atoms with Crippen molar-refractivity contribution in [3.63, 3.8) is 0 Å². The SMILES string of the molecule is Cc1ccnc(-c2ccc(C(C)C)c(Oc3ccc4c(c3)B(c3ncc(C(C)(C)C)cn3)c3cc(Oc5cc(-c6cc(C)ccn6)ccc5C(C)C)ccc3-4)c2)c1. The summed E-state index contributed by atoms with van der Waals surface area (Å²) in [5.41, 5.74) is 14.7. The number of nitrogens with zero attached hydrogens (tertiary/aromatic N) is 4. The number of hydrogen-bond acceptors (Lipinski definition) is 6. The molecule has 0 atom stereocenters. The van der Waals surface area contributed by atoms with Gasteiger partial charge in [-0.2, -0.15) is 0 Å². The third kappa shape index (κ3) is 7.71. The van der Waals surface area contributed by atoms with Gasteiger partial charge < -0.3 is 9.47 Å². The highest BCUT2D eigenvalue weighted by Gasteiger charge is 2.37. The molecule has 0 fully saturated rings. The van der Waals surface area contributed by atoms with E-state index < -0.39 is 0 Å². The van der Waals surface area contributed by atoms with Crippen molar-refractivity contribution in [1.29, 1.82) is 0 Å². The summed E-state index contributed by atoms with van der Waals surface area (Å²) in [5.74, 6) is 3.70. The highest BCUT2D eigenvalue weighted by atomic mass is 16.5. The van der Waals surface area contributed by atoms with Gasteiger partial charge in [-0.3, -0.25) is 19.9 Å². The quantitative estimate of drug-likeness (QED) is 0.137. The molecule has 0 spiro atoms. The number of aromatic nitrogens is 4. The van der Waals surface area contributed by atoms with E-state index in [-0.39, 0.29) is 24.0 Å². The Balaban J connectivity index is 1.20. The second kappa shape index (κ2) is 15.1. The molecule has 7 aromatic rings. The molecular formula is C50H49BN4O2. The largest absolute Gasteiger partial charge is 0.457 e. The number of aryl methyl sites for hydroxylation is 2. The van der Waals surface area contributed by atoms with Crippen molar-refractivity contribution in [3.05, 3.63) is 150 Å². The van der Waals surface area contributed by atoms with E-state index in [2.05, 4.69) is 157 Å². The van der Waals surface area contributed by atoms with Crippen LogP contribution in [0.1, 0.15) is 88.1 Å². The number of benzene rings is 4. The lowest BCUT2D eigenvalue weighted by Gasteiger charge is -2.19. The smallest absolute Gasteiger partial charge is 0.291 e. The van der Waals surface area contributed by atoms with E-state index >= 15 is 0 Å². The van der Waals surface area contributed by atoms with Crippen molar-refractivity contribution in [1.82, 2.24) is 19.9 Å². The van der Waals surface area contributed by atoms with E-state index in [0.29, 0.717) is 0 Å². The van der Waals surface area contributed by atoms with Crippen LogP contribution >= 0.6 is 0 Å². The number of hydrogen-bond donors (Lipinski definition) is 0. The summed E-state index contributed by atoms with van der Waals surface area (Å²) in [6.07, 6.45) is 7.66. The van der Waals surface area contributed by atoms with Crippen LogP contribution in [0.2, 0.25) is 0 Å². The van der Waals surface area contributed by atoms with Crippen molar-refractivity contribution in [3.8, 4) is 56.6 Å². The lowest BCUT2D eigenvalue weighted by Crippen LogP contribution is -2.52. The van der Waals surface area contributed by atoms with Crippen LogP contribution < -0.4 is 26.1 Å². The summed E-state index contributed by atoms with van der Waals surface area (Å²) in [7, 11) is 0. The molecule has 0 saturated heterocycles. The monoisotopic (exact) mass is 748 g/mol. The molecule has 0 bridgehead atoms. The maximum Gasteiger partial charge on any atom is 0.291 e. The molecule has 0 N–H and O–H groups in total. The Hall–Kier alpha value is -6.08. The molecule has 0 aliphatic carbocycles. The van der Waals surface area contributed by atoms with Crippen LogP contribution in [-0.2, 0) is 5.41 Å². The van der Waals surface area contributed by atoms with E-state index in [0.717, 1.165) is 90.0 Å². The zero-order valence-corrected chi connectivity index (χ0v) is 34.4. The van der Waals surface area contributed by atoms with Crippen LogP contribution in [0.25, 0.3) is 33.6 Å². The average Bonchev–Trinajstić information content (AvgIpc) is 3.50. The van der Waals surface area contributed by atoms with E-state index in [1.165, 1.54) is 11.1 Å². The lowest BCUT2D eigenvalue weighted by atomic mass is 9.42. The van der Waals surface area contributed by atoms with Crippen molar-refractivity contribution in [2.75, 3.05) is 0 Å². The summed E-state index contributed by atoms with van der Waals surface area (Å²) in [4.78, 5) is 19.4. The molecule has 0 saturated carbocycles. The van der Waals surface area contributed by atoms with Crippen molar-refractivity contribution >= 4 is 23.4 Å². The Morgan fingerprint density at radius 3 is 1.39 bits per heavy atom. The zero-order chi connectivity index (χ0) is 40.0. The summed E-state index contributed by atoms with van der Waals surface area (Å²) >= 11 is 0. The van der Waals surface area contributed by atoms with Crippen LogP contribution in [0, 0.1) is 13.8 Å². The van der Waals surface area contributed by atoms with Gasteiger partial charge in [0.25, 0.3) is 6.71 Å². The number of rotatable bonds is 9. The highest BCUT2D eigenvalue weighted by molar-refractivity contribution is 6.98. The third-order valence-corrected chi connectivity index (χ3v) is 10.9. The van der Waals surface area contributed by atoms with Crippen molar-refractivity contribution < 1.29 is 9.47 Å². The van der Waals surface area contributed by atoms with Crippen LogP contribution in [0.15, 0.2) is 122 Å². The van der Waals surface area contributed by atoms with Crippen molar-refractivity contribution in [2.24, 2.45) is 0 Å². The van der Waals surface area contributed by atoms with Crippen LogP contribution in [0.5, 0.6) is 23.0 Å². The van der Waals surface area contributed by atoms with E-state index in [1.807, 2.05) is 36.9 Å². The Morgan fingerprint density at radius 2 is 0.982 bits per heavy atom. The molecule has 4 heterocycles. The third-order valence-electron chi connectivity index (χ3n) is 10.9. The predicted octanol–water partition coefficient (Wildman–Crippen LogP) is 10.8. The van der Waals surface area contributed by atoms with Gasteiger partial charge in [-0.25, -0.2) is 0 Å². The molecule has 6 nitrogen and oxygen atoms in total. The Kier molecular flexibility index (Phi) is 10.0.